The van der Waals surface area contributed by atoms with Gasteiger partial charge in [-0.25, -0.2) is 4.98 Å². The predicted molar refractivity (Wildman–Crippen MR) is 116 cm³/mol. The fourth-order valence-electron chi connectivity index (χ4n) is 3.00. The Balaban J connectivity index is 1.89. The first-order valence-electron chi connectivity index (χ1n) is 9.19. The molecular weight excluding hydrogens is 378 g/mol. The van der Waals surface area contributed by atoms with Crippen LogP contribution in [0.5, 0.6) is 0 Å². The van der Waals surface area contributed by atoms with Crippen molar-refractivity contribution in [3.8, 4) is 18.0 Å². The van der Waals surface area contributed by atoms with Gasteiger partial charge in [0.15, 0.2) is 5.65 Å². The third kappa shape index (κ3) is 3.75. The number of anilines is 2. The zero-order valence-electron chi connectivity index (χ0n) is 15.9. The maximum atomic E-state index is 13.0. The molecule has 0 aliphatic rings. The molecule has 2 aromatic heterocycles. The molecule has 0 unspecified atom stereocenters. The number of amides is 1. The second kappa shape index (κ2) is 8.29. The normalized spacial score (nSPS) is 10.4. The molecule has 7 heteroatoms. The Morgan fingerprint density at radius 1 is 1.07 bits per heavy atom. The van der Waals surface area contributed by atoms with Gasteiger partial charge in [-0.05, 0) is 24.3 Å². The number of terminal acetylenes is 1. The Bertz CT molecular complexity index is 1310. The van der Waals surface area contributed by atoms with E-state index in [1.54, 1.807) is 4.57 Å². The molecular formula is C23H17N5O2. The van der Waals surface area contributed by atoms with Gasteiger partial charge in [-0.15, -0.1) is 6.42 Å². The number of para-hydroxylation sites is 2. The van der Waals surface area contributed by atoms with E-state index in [1.165, 1.54) is 12.4 Å². The lowest BCUT2D eigenvalue weighted by molar-refractivity contribution is 0.0957. The second-order valence-electron chi connectivity index (χ2n) is 6.39. The first kappa shape index (κ1) is 18.9. The lowest BCUT2D eigenvalue weighted by atomic mass is 10.2. The van der Waals surface area contributed by atoms with Gasteiger partial charge in [0.1, 0.15) is 5.56 Å². The number of pyridine rings is 1. The number of aromatic nitrogens is 3. The summed E-state index contributed by atoms with van der Waals surface area (Å²) >= 11 is 0. The van der Waals surface area contributed by atoms with Crippen LogP contribution in [0.25, 0.3) is 16.7 Å². The van der Waals surface area contributed by atoms with Crippen LogP contribution in [0.3, 0.4) is 0 Å². The van der Waals surface area contributed by atoms with E-state index in [0.717, 1.165) is 11.4 Å². The van der Waals surface area contributed by atoms with Gasteiger partial charge in [0, 0.05) is 23.8 Å². The maximum absolute atomic E-state index is 13.0. The van der Waals surface area contributed by atoms with Crippen molar-refractivity contribution in [2.24, 2.45) is 0 Å². The summed E-state index contributed by atoms with van der Waals surface area (Å²) in [6, 6.07) is 18.8. The lowest BCUT2D eigenvalue weighted by Crippen LogP contribution is -2.30. The highest BCUT2D eigenvalue weighted by atomic mass is 16.2. The molecule has 2 N–H and O–H groups in total. The zero-order chi connectivity index (χ0) is 20.9. The molecule has 0 saturated heterocycles. The Morgan fingerprint density at radius 2 is 1.77 bits per heavy atom. The number of fused-ring (bicyclic) bond motifs is 1. The second-order valence-corrected chi connectivity index (χ2v) is 6.39. The Labute approximate surface area is 172 Å². The summed E-state index contributed by atoms with van der Waals surface area (Å²) in [7, 11) is 0. The van der Waals surface area contributed by atoms with E-state index < -0.39 is 11.3 Å². The highest BCUT2D eigenvalue weighted by Crippen LogP contribution is 2.19. The summed E-state index contributed by atoms with van der Waals surface area (Å²) in [5.74, 6) is 2.12. The standard InChI is InChI=1S/C23H17N5O2/c1-2-13-24-22(30)19-15-28(17-11-7-4-8-12-17)21-18(20(19)29)14-25-23(27-21)26-16-9-5-3-6-10-16/h1,3-12,14-15H,13H2,(H,24,30)(H,25,26,27). The highest BCUT2D eigenvalue weighted by molar-refractivity contribution is 5.97. The third-order valence-electron chi connectivity index (χ3n) is 4.40. The van der Waals surface area contributed by atoms with Crippen molar-refractivity contribution in [1.82, 2.24) is 19.9 Å². The van der Waals surface area contributed by atoms with Crippen LogP contribution in [-0.2, 0) is 0 Å². The van der Waals surface area contributed by atoms with E-state index in [0.29, 0.717) is 11.6 Å². The summed E-state index contributed by atoms with van der Waals surface area (Å²) in [6.45, 7) is 0.0259. The molecule has 146 valence electrons. The van der Waals surface area contributed by atoms with Crippen LogP contribution in [0.1, 0.15) is 10.4 Å². The molecule has 0 saturated carbocycles. The van der Waals surface area contributed by atoms with Crippen LogP contribution >= 0.6 is 0 Å². The van der Waals surface area contributed by atoms with E-state index in [1.807, 2.05) is 60.7 Å². The SMILES string of the molecule is C#CCNC(=O)c1cn(-c2ccccc2)c2nc(Nc3ccccc3)ncc2c1=O. The van der Waals surface area contributed by atoms with Gasteiger partial charge in [-0.1, -0.05) is 42.3 Å². The van der Waals surface area contributed by atoms with E-state index >= 15 is 0 Å². The third-order valence-corrected chi connectivity index (χ3v) is 4.40. The molecule has 0 radical (unpaired) electrons. The van der Waals surface area contributed by atoms with Gasteiger partial charge in [0.2, 0.25) is 11.4 Å². The fraction of sp³-hybridized carbons (Fsp3) is 0.0435. The van der Waals surface area contributed by atoms with E-state index in [-0.39, 0.29) is 17.5 Å². The summed E-state index contributed by atoms with van der Waals surface area (Å²) in [6.07, 6.45) is 8.11. The quantitative estimate of drug-likeness (QED) is 0.507. The van der Waals surface area contributed by atoms with Crippen molar-refractivity contribution in [1.29, 1.82) is 0 Å². The Kier molecular flexibility index (Phi) is 5.22. The summed E-state index contributed by atoms with van der Waals surface area (Å²) in [4.78, 5) is 34.3. The molecule has 2 heterocycles. The lowest BCUT2D eigenvalue weighted by Gasteiger charge is -2.13. The predicted octanol–water partition coefficient (Wildman–Crippen LogP) is 2.89. The number of rotatable bonds is 5. The number of carbonyl (C=O) groups is 1. The molecule has 0 fully saturated rings. The summed E-state index contributed by atoms with van der Waals surface area (Å²) in [5.41, 5.74) is 1.45. The first-order chi connectivity index (χ1) is 14.7. The van der Waals surface area contributed by atoms with Crippen molar-refractivity contribution in [3.63, 3.8) is 0 Å². The number of benzene rings is 2. The van der Waals surface area contributed by atoms with Crippen molar-refractivity contribution >= 4 is 28.6 Å². The first-order valence-corrected chi connectivity index (χ1v) is 9.19. The highest BCUT2D eigenvalue weighted by Gasteiger charge is 2.17. The number of carbonyl (C=O) groups excluding carboxylic acids is 1. The number of hydrogen-bond donors (Lipinski definition) is 2. The van der Waals surface area contributed by atoms with E-state index in [9.17, 15) is 9.59 Å². The molecule has 0 bridgehead atoms. The molecule has 1 amide bonds. The summed E-state index contributed by atoms with van der Waals surface area (Å²) in [5, 5.41) is 5.88. The number of nitrogens with one attached hydrogen (secondary N) is 2. The molecule has 30 heavy (non-hydrogen) atoms. The Morgan fingerprint density at radius 3 is 2.47 bits per heavy atom. The average molecular weight is 395 g/mol. The summed E-state index contributed by atoms with van der Waals surface area (Å²) < 4.78 is 1.69. The van der Waals surface area contributed by atoms with Crippen LogP contribution in [-0.4, -0.2) is 27.0 Å². The Hall–Kier alpha value is -4.44. The molecule has 0 aliphatic heterocycles. The molecule has 0 atom stereocenters. The van der Waals surface area contributed by atoms with Gasteiger partial charge in [-0.3, -0.25) is 9.59 Å². The zero-order valence-corrected chi connectivity index (χ0v) is 15.9. The van der Waals surface area contributed by atoms with Crippen molar-refractivity contribution < 1.29 is 4.79 Å². The van der Waals surface area contributed by atoms with Crippen molar-refractivity contribution in [3.05, 3.63) is 88.8 Å². The van der Waals surface area contributed by atoms with Crippen LogP contribution < -0.4 is 16.1 Å². The minimum Gasteiger partial charge on any atom is -0.341 e. The van der Waals surface area contributed by atoms with E-state index in [4.69, 9.17) is 6.42 Å². The monoisotopic (exact) mass is 395 g/mol. The smallest absolute Gasteiger partial charge is 0.257 e. The molecule has 0 spiro atoms. The van der Waals surface area contributed by atoms with Gasteiger partial charge >= 0.3 is 0 Å². The van der Waals surface area contributed by atoms with Crippen LogP contribution in [0, 0.1) is 12.3 Å². The minimum atomic E-state index is -0.545. The van der Waals surface area contributed by atoms with Gasteiger partial charge in [0.05, 0.1) is 11.9 Å². The topological polar surface area (TPSA) is 88.9 Å². The number of hydrogen-bond acceptors (Lipinski definition) is 5. The fourth-order valence-corrected chi connectivity index (χ4v) is 3.00. The molecule has 4 aromatic rings. The van der Waals surface area contributed by atoms with Gasteiger partial charge in [0.25, 0.3) is 5.91 Å². The maximum Gasteiger partial charge on any atom is 0.257 e. The molecule has 0 aliphatic carbocycles. The number of nitrogens with zero attached hydrogens (tertiary/aromatic N) is 3. The molecule has 7 nitrogen and oxygen atoms in total. The molecule has 2 aromatic carbocycles. The van der Waals surface area contributed by atoms with Crippen LogP contribution in [0.2, 0.25) is 0 Å². The van der Waals surface area contributed by atoms with Crippen molar-refractivity contribution in [2.45, 2.75) is 0 Å². The largest absolute Gasteiger partial charge is 0.341 e. The van der Waals surface area contributed by atoms with Crippen molar-refractivity contribution in [2.75, 3.05) is 11.9 Å². The average Bonchev–Trinajstić information content (AvgIpc) is 2.79. The van der Waals surface area contributed by atoms with Gasteiger partial charge < -0.3 is 15.2 Å². The molecule has 4 rings (SSSR count). The van der Waals surface area contributed by atoms with Crippen LogP contribution in [0.4, 0.5) is 11.6 Å². The van der Waals surface area contributed by atoms with Crippen LogP contribution in [0.15, 0.2) is 77.9 Å². The van der Waals surface area contributed by atoms with Gasteiger partial charge in [-0.2, -0.15) is 4.98 Å². The minimum absolute atomic E-state index is 0.0259. The van der Waals surface area contributed by atoms with E-state index in [2.05, 4.69) is 26.5 Å².